The SMILES string of the molecule is CS(=O)(=O)Nc1nc(N)c(N=Nc2c(C#N)cnn2-c2ncccn2)c(N)n1. The Morgan fingerprint density at radius 3 is 2.39 bits per heavy atom. The van der Waals surface area contributed by atoms with Crippen LogP contribution in [0.3, 0.4) is 0 Å². The number of aromatic nitrogens is 6. The van der Waals surface area contributed by atoms with Gasteiger partial charge in [0.25, 0.3) is 5.95 Å². The van der Waals surface area contributed by atoms with Crippen molar-refractivity contribution < 1.29 is 8.42 Å². The van der Waals surface area contributed by atoms with Crippen molar-refractivity contribution in [1.29, 1.82) is 5.26 Å². The highest BCUT2D eigenvalue weighted by molar-refractivity contribution is 7.91. The predicted octanol–water partition coefficient (Wildman–Crippen LogP) is 0.275. The fourth-order valence-electron chi connectivity index (χ4n) is 1.97. The van der Waals surface area contributed by atoms with Gasteiger partial charge in [-0.25, -0.2) is 18.4 Å². The Morgan fingerprint density at radius 1 is 1.18 bits per heavy atom. The van der Waals surface area contributed by atoms with Crippen molar-refractivity contribution in [3.05, 3.63) is 30.2 Å². The summed E-state index contributed by atoms with van der Waals surface area (Å²) in [4.78, 5) is 15.6. The number of nitriles is 1. The van der Waals surface area contributed by atoms with Gasteiger partial charge in [0.1, 0.15) is 11.6 Å². The van der Waals surface area contributed by atoms with E-state index in [9.17, 15) is 13.7 Å². The lowest BCUT2D eigenvalue weighted by atomic mass is 10.4. The van der Waals surface area contributed by atoms with Gasteiger partial charge in [-0.05, 0) is 6.07 Å². The number of rotatable bonds is 5. The summed E-state index contributed by atoms with van der Waals surface area (Å²) in [6.07, 6.45) is 5.18. The number of nitrogen functional groups attached to an aromatic ring is 2. The van der Waals surface area contributed by atoms with Gasteiger partial charge in [-0.3, -0.25) is 4.72 Å². The molecule has 3 aromatic heterocycles. The zero-order valence-electron chi connectivity index (χ0n) is 14.2. The van der Waals surface area contributed by atoms with Gasteiger partial charge < -0.3 is 11.5 Å². The summed E-state index contributed by atoms with van der Waals surface area (Å²) >= 11 is 0. The Hall–Kier alpha value is -4.19. The molecule has 3 rings (SSSR count). The average Bonchev–Trinajstić information content (AvgIpc) is 3.03. The first kappa shape index (κ1) is 18.6. The van der Waals surface area contributed by atoms with E-state index < -0.39 is 10.0 Å². The lowest BCUT2D eigenvalue weighted by molar-refractivity contribution is 0.606. The van der Waals surface area contributed by atoms with Gasteiger partial charge in [0, 0.05) is 12.4 Å². The molecule has 0 atom stereocenters. The molecule has 14 nitrogen and oxygen atoms in total. The fourth-order valence-corrected chi connectivity index (χ4v) is 2.39. The molecule has 0 saturated carbocycles. The number of hydrogen-bond acceptors (Lipinski definition) is 12. The van der Waals surface area contributed by atoms with Crippen LogP contribution in [-0.4, -0.2) is 44.4 Å². The van der Waals surface area contributed by atoms with Crippen LogP contribution in [0.25, 0.3) is 5.95 Å². The number of nitrogens with two attached hydrogens (primary N) is 2. The number of nitrogens with one attached hydrogen (secondary N) is 1. The highest BCUT2D eigenvalue weighted by atomic mass is 32.2. The van der Waals surface area contributed by atoms with Crippen LogP contribution in [0.2, 0.25) is 0 Å². The van der Waals surface area contributed by atoms with Crippen LogP contribution in [0, 0.1) is 11.3 Å². The number of nitrogens with zero attached hydrogens (tertiary/aromatic N) is 9. The van der Waals surface area contributed by atoms with Crippen molar-refractivity contribution in [2.24, 2.45) is 10.2 Å². The third-order valence-corrected chi connectivity index (χ3v) is 3.62. The first-order chi connectivity index (χ1) is 13.3. The van der Waals surface area contributed by atoms with E-state index in [0.717, 1.165) is 6.26 Å². The maximum absolute atomic E-state index is 11.3. The molecule has 0 saturated heterocycles. The fraction of sp³-hybridized carbons (Fsp3) is 0.0769. The van der Waals surface area contributed by atoms with Crippen LogP contribution in [0.1, 0.15) is 5.56 Å². The van der Waals surface area contributed by atoms with Gasteiger partial charge in [0.15, 0.2) is 23.1 Å². The molecule has 15 heteroatoms. The molecule has 0 aromatic carbocycles. The third-order valence-electron chi connectivity index (χ3n) is 3.07. The van der Waals surface area contributed by atoms with Gasteiger partial charge in [0.2, 0.25) is 16.0 Å². The monoisotopic (exact) mass is 400 g/mol. The number of sulfonamides is 1. The van der Waals surface area contributed by atoms with Gasteiger partial charge in [-0.1, -0.05) is 0 Å². The van der Waals surface area contributed by atoms with Gasteiger partial charge in [-0.15, -0.1) is 10.2 Å². The average molecular weight is 400 g/mol. The minimum atomic E-state index is -3.62. The van der Waals surface area contributed by atoms with Gasteiger partial charge in [-0.2, -0.15) is 25.0 Å². The predicted molar refractivity (Wildman–Crippen MR) is 97.4 cm³/mol. The van der Waals surface area contributed by atoms with Crippen molar-refractivity contribution in [2.45, 2.75) is 0 Å². The van der Waals surface area contributed by atoms with Gasteiger partial charge >= 0.3 is 0 Å². The molecule has 0 aliphatic rings. The lowest BCUT2D eigenvalue weighted by Crippen LogP contribution is -2.14. The first-order valence-electron chi connectivity index (χ1n) is 7.36. The second kappa shape index (κ2) is 7.20. The summed E-state index contributed by atoms with van der Waals surface area (Å²) in [5.41, 5.74) is 11.5. The van der Waals surface area contributed by atoms with E-state index in [2.05, 4.69) is 40.0 Å². The summed E-state index contributed by atoms with van der Waals surface area (Å²) < 4.78 is 25.8. The van der Waals surface area contributed by atoms with E-state index in [1.54, 1.807) is 6.07 Å². The molecule has 5 N–H and O–H groups in total. The highest BCUT2D eigenvalue weighted by Crippen LogP contribution is 2.30. The summed E-state index contributed by atoms with van der Waals surface area (Å²) in [6, 6.07) is 3.54. The maximum Gasteiger partial charge on any atom is 0.252 e. The van der Waals surface area contributed by atoms with Crippen LogP contribution in [-0.2, 0) is 10.0 Å². The molecular formula is C13H12N12O2S. The van der Waals surface area contributed by atoms with E-state index in [0.29, 0.717) is 0 Å². The number of anilines is 3. The van der Waals surface area contributed by atoms with Crippen LogP contribution >= 0.6 is 0 Å². The molecule has 3 heterocycles. The topological polar surface area (TPSA) is 216 Å². The van der Waals surface area contributed by atoms with E-state index in [1.807, 2.05) is 6.07 Å². The largest absolute Gasteiger partial charge is 0.382 e. The van der Waals surface area contributed by atoms with Crippen LogP contribution < -0.4 is 16.2 Å². The van der Waals surface area contributed by atoms with Crippen molar-refractivity contribution in [1.82, 2.24) is 29.7 Å². The molecule has 142 valence electrons. The van der Waals surface area contributed by atoms with E-state index in [4.69, 9.17) is 11.5 Å². The van der Waals surface area contributed by atoms with Crippen molar-refractivity contribution in [2.75, 3.05) is 22.4 Å². The normalized spacial score (nSPS) is 11.4. The zero-order chi connectivity index (χ0) is 20.3. The summed E-state index contributed by atoms with van der Waals surface area (Å²) in [7, 11) is -3.62. The summed E-state index contributed by atoms with van der Waals surface area (Å²) in [6.45, 7) is 0. The van der Waals surface area contributed by atoms with Crippen molar-refractivity contribution >= 4 is 39.1 Å². The van der Waals surface area contributed by atoms with Gasteiger partial charge in [0.05, 0.1) is 12.5 Å². The van der Waals surface area contributed by atoms with Crippen LogP contribution in [0.5, 0.6) is 0 Å². The smallest absolute Gasteiger partial charge is 0.252 e. The standard InChI is InChI=1S/C13H12N12O2S/c1-28(26,27)24-12-20-9(15)8(10(16)21-12)22-23-11-7(5-14)6-19-25(11)13-17-3-2-4-18-13/h2-4,6H,1H3,(H5,15,16,20,21,24). The molecule has 28 heavy (non-hydrogen) atoms. The Morgan fingerprint density at radius 2 is 1.82 bits per heavy atom. The number of hydrogen-bond donors (Lipinski definition) is 3. The number of azo groups is 1. The summed E-state index contributed by atoms with van der Waals surface area (Å²) in [5.74, 6) is -0.545. The second-order valence-electron chi connectivity index (χ2n) is 5.19. The minimum absolute atomic E-state index is 0.0332. The molecule has 0 amide bonds. The first-order valence-corrected chi connectivity index (χ1v) is 9.25. The Labute approximate surface area is 158 Å². The molecule has 0 spiro atoms. The molecule has 0 aliphatic carbocycles. The molecule has 0 radical (unpaired) electrons. The molecule has 0 bridgehead atoms. The molecular weight excluding hydrogens is 388 g/mol. The van der Waals surface area contributed by atoms with Crippen LogP contribution in [0.15, 0.2) is 34.9 Å². The Balaban J connectivity index is 2.01. The van der Waals surface area contributed by atoms with E-state index >= 15 is 0 Å². The van der Waals surface area contributed by atoms with Crippen molar-refractivity contribution in [3.8, 4) is 12.0 Å². The lowest BCUT2D eigenvalue weighted by Gasteiger charge is -2.06. The highest BCUT2D eigenvalue weighted by Gasteiger charge is 2.16. The van der Waals surface area contributed by atoms with E-state index in [1.165, 1.54) is 23.3 Å². The molecule has 0 aliphatic heterocycles. The minimum Gasteiger partial charge on any atom is -0.382 e. The quantitative estimate of drug-likeness (QED) is 0.496. The zero-order valence-corrected chi connectivity index (χ0v) is 15.0. The van der Waals surface area contributed by atoms with E-state index in [-0.39, 0.29) is 40.6 Å². The summed E-state index contributed by atoms with van der Waals surface area (Å²) in [5, 5.41) is 21.1. The Kier molecular flexibility index (Phi) is 4.78. The van der Waals surface area contributed by atoms with Crippen molar-refractivity contribution in [3.63, 3.8) is 0 Å². The Bertz CT molecular complexity index is 1170. The van der Waals surface area contributed by atoms with Crippen LogP contribution in [0.4, 0.5) is 29.1 Å². The maximum atomic E-state index is 11.3. The molecule has 0 unspecified atom stereocenters. The second-order valence-corrected chi connectivity index (χ2v) is 6.94. The molecule has 3 aromatic rings. The molecule has 0 fully saturated rings. The third kappa shape index (κ3) is 3.96.